The van der Waals surface area contributed by atoms with Crippen LogP contribution in [0.5, 0.6) is 0 Å². The number of benzene rings is 3. The van der Waals surface area contributed by atoms with Crippen LogP contribution in [0.15, 0.2) is 77.7 Å². The first kappa shape index (κ1) is 23.1. The fourth-order valence-electron chi connectivity index (χ4n) is 4.21. The number of amides is 1. The van der Waals surface area contributed by atoms with Crippen LogP contribution in [0.4, 0.5) is 11.4 Å². The van der Waals surface area contributed by atoms with Gasteiger partial charge in [0.05, 0.1) is 16.5 Å². The second-order valence-electron chi connectivity index (χ2n) is 9.03. The number of sulfonamides is 1. The number of para-hydroxylation sites is 1. The van der Waals surface area contributed by atoms with Crippen LogP contribution in [0.3, 0.4) is 0 Å². The number of nitrogens with one attached hydrogen (secondary N) is 1. The lowest BCUT2D eigenvalue weighted by Gasteiger charge is -2.20. The van der Waals surface area contributed by atoms with Gasteiger partial charge in [-0.2, -0.15) is 0 Å². The molecule has 1 amide bonds. The van der Waals surface area contributed by atoms with Crippen molar-refractivity contribution in [3.8, 4) is 0 Å². The highest BCUT2D eigenvalue weighted by Crippen LogP contribution is 2.33. The maximum atomic E-state index is 13.2. The Hall–Kier alpha value is -3.12. The van der Waals surface area contributed by atoms with Gasteiger partial charge in [0, 0.05) is 12.2 Å². The van der Waals surface area contributed by atoms with Crippen molar-refractivity contribution in [2.45, 2.75) is 44.4 Å². The van der Waals surface area contributed by atoms with E-state index in [9.17, 15) is 13.2 Å². The number of anilines is 2. The number of hydrogen-bond donors (Lipinski definition) is 1. The molecule has 33 heavy (non-hydrogen) atoms. The monoisotopic (exact) mass is 462 g/mol. The molecule has 4 rings (SSSR count). The molecule has 0 aromatic heterocycles. The van der Waals surface area contributed by atoms with Crippen LogP contribution in [0, 0.1) is 5.92 Å². The van der Waals surface area contributed by atoms with Crippen LogP contribution in [0.2, 0.25) is 0 Å². The van der Waals surface area contributed by atoms with Crippen LogP contribution < -0.4 is 9.62 Å². The number of fused-ring (bicyclic) bond motifs is 1. The smallest absolute Gasteiger partial charge is 0.264 e. The fourth-order valence-corrected chi connectivity index (χ4v) is 5.71. The lowest BCUT2D eigenvalue weighted by Crippen LogP contribution is -2.29. The lowest BCUT2D eigenvalue weighted by molar-refractivity contribution is -0.117. The van der Waals surface area contributed by atoms with Crippen molar-refractivity contribution < 1.29 is 13.2 Å². The number of nitrogens with zero attached hydrogens (tertiary/aromatic N) is 1. The van der Waals surface area contributed by atoms with Gasteiger partial charge in [-0.05, 0) is 72.7 Å². The van der Waals surface area contributed by atoms with Gasteiger partial charge in [0.1, 0.15) is 0 Å². The summed E-state index contributed by atoms with van der Waals surface area (Å²) in [5.41, 5.74) is 4.56. The number of rotatable bonds is 7. The summed E-state index contributed by atoms with van der Waals surface area (Å²) < 4.78 is 27.8. The maximum absolute atomic E-state index is 13.2. The largest absolute Gasteiger partial charge is 0.326 e. The molecule has 3 aromatic carbocycles. The van der Waals surface area contributed by atoms with Gasteiger partial charge in [-0.3, -0.25) is 9.10 Å². The zero-order valence-electron chi connectivity index (χ0n) is 19.3. The van der Waals surface area contributed by atoms with E-state index < -0.39 is 10.0 Å². The van der Waals surface area contributed by atoms with Crippen LogP contribution in [-0.2, 0) is 27.7 Å². The second kappa shape index (κ2) is 9.40. The minimum atomic E-state index is -3.65. The highest BCUT2D eigenvalue weighted by molar-refractivity contribution is 7.92. The molecule has 1 aliphatic heterocycles. The summed E-state index contributed by atoms with van der Waals surface area (Å²) in [6, 6.07) is 22.1. The van der Waals surface area contributed by atoms with E-state index in [1.807, 2.05) is 43.3 Å². The molecule has 5 nitrogen and oxygen atoms in total. The van der Waals surface area contributed by atoms with E-state index in [2.05, 4.69) is 31.3 Å². The molecule has 0 bridgehead atoms. The Balaban J connectivity index is 1.44. The van der Waals surface area contributed by atoms with Crippen molar-refractivity contribution in [3.05, 3.63) is 89.5 Å². The minimum Gasteiger partial charge on any atom is -0.326 e. The predicted molar refractivity (Wildman–Crippen MR) is 133 cm³/mol. The molecular weight excluding hydrogens is 432 g/mol. The Morgan fingerprint density at radius 1 is 0.939 bits per heavy atom. The van der Waals surface area contributed by atoms with Gasteiger partial charge in [-0.25, -0.2) is 8.42 Å². The summed E-state index contributed by atoms with van der Waals surface area (Å²) in [5, 5.41) is 2.90. The fraction of sp³-hybridized carbons (Fsp3) is 0.296. The highest BCUT2D eigenvalue weighted by atomic mass is 32.2. The van der Waals surface area contributed by atoms with Crippen molar-refractivity contribution in [2.24, 2.45) is 5.92 Å². The van der Waals surface area contributed by atoms with Crippen molar-refractivity contribution in [2.75, 3.05) is 16.2 Å². The van der Waals surface area contributed by atoms with Crippen LogP contribution >= 0.6 is 0 Å². The third-order valence-electron chi connectivity index (χ3n) is 6.07. The SMILES string of the molecule is CC(C)Cc1ccc(C(C)C(=O)Nc2ccc(S(=O)(=O)N3CCc4ccccc43)cc2)cc1. The quantitative estimate of drug-likeness (QED) is 0.513. The van der Waals surface area contributed by atoms with Gasteiger partial charge in [-0.15, -0.1) is 0 Å². The van der Waals surface area contributed by atoms with E-state index in [4.69, 9.17) is 0 Å². The van der Waals surface area contributed by atoms with Gasteiger partial charge in [-0.1, -0.05) is 56.3 Å². The molecule has 172 valence electrons. The Labute approximate surface area is 196 Å². The Bertz CT molecular complexity index is 1230. The summed E-state index contributed by atoms with van der Waals surface area (Å²) >= 11 is 0. The zero-order chi connectivity index (χ0) is 23.6. The Morgan fingerprint density at radius 2 is 1.61 bits per heavy atom. The molecule has 0 radical (unpaired) electrons. The molecule has 0 aliphatic carbocycles. The average Bonchev–Trinajstić information content (AvgIpc) is 3.24. The minimum absolute atomic E-state index is 0.129. The zero-order valence-corrected chi connectivity index (χ0v) is 20.1. The molecular formula is C27H30N2O3S. The summed E-state index contributed by atoms with van der Waals surface area (Å²) in [6.45, 7) is 6.68. The lowest BCUT2D eigenvalue weighted by atomic mass is 9.96. The molecule has 1 N–H and O–H groups in total. The van der Waals surface area contributed by atoms with Crippen molar-refractivity contribution in [3.63, 3.8) is 0 Å². The number of carbonyl (C=O) groups excluding carboxylic acids is 1. The Morgan fingerprint density at radius 3 is 2.27 bits per heavy atom. The number of hydrogen-bond acceptors (Lipinski definition) is 3. The van der Waals surface area contributed by atoms with E-state index in [0.717, 1.165) is 23.2 Å². The van der Waals surface area contributed by atoms with Crippen molar-refractivity contribution >= 4 is 27.3 Å². The molecule has 0 spiro atoms. The summed E-state index contributed by atoms with van der Waals surface area (Å²) in [5.74, 6) is 0.141. The Kier molecular flexibility index (Phi) is 6.56. The maximum Gasteiger partial charge on any atom is 0.264 e. The summed E-state index contributed by atoms with van der Waals surface area (Å²) in [4.78, 5) is 13.0. The topological polar surface area (TPSA) is 66.5 Å². The van der Waals surface area contributed by atoms with E-state index in [-0.39, 0.29) is 16.7 Å². The van der Waals surface area contributed by atoms with Crippen molar-refractivity contribution in [1.82, 2.24) is 0 Å². The van der Waals surface area contributed by atoms with E-state index in [1.165, 1.54) is 9.87 Å². The molecule has 0 fully saturated rings. The van der Waals surface area contributed by atoms with Crippen LogP contribution in [-0.4, -0.2) is 20.9 Å². The third-order valence-corrected chi connectivity index (χ3v) is 7.90. The molecule has 0 saturated carbocycles. The second-order valence-corrected chi connectivity index (χ2v) is 10.9. The standard InChI is InChI=1S/C27H30N2O3S/c1-19(2)18-21-8-10-22(11-9-21)20(3)27(30)28-24-12-14-25(15-13-24)33(31,32)29-17-16-23-6-4-5-7-26(23)29/h4-15,19-20H,16-18H2,1-3H3,(H,28,30). The molecule has 1 unspecified atom stereocenters. The first-order valence-corrected chi connectivity index (χ1v) is 12.8. The van der Waals surface area contributed by atoms with Gasteiger partial charge in [0.15, 0.2) is 0 Å². The van der Waals surface area contributed by atoms with E-state index in [0.29, 0.717) is 24.6 Å². The molecule has 1 heterocycles. The predicted octanol–water partition coefficient (Wildman–Crippen LogP) is 5.38. The van der Waals surface area contributed by atoms with Gasteiger partial charge in [0.25, 0.3) is 10.0 Å². The molecule has 6 heteroatoms. The van der Waals surface area contributed by atoms with Crippen LogP contribution in [0.1, 0.15) is 43.4 Å². The summed E-state index contributed by atoms with van der Waals surface area (Å²) in [7, 11) is -3.65. The van der Waals surface area contributed by atoms with E-state index in [1.54, 1.807) is 24.3 Å². The van der Waals surface area contributed by atoms with Crippen molar-refractivity contribution in [1.29, 1.82) is 0 Å². The average molecular weight is 463 g/mol. The first-order chi connectivity index (χ1) is 15.8. The first-order valence-electron chi connectivity index (χ1n) is 11.4. The molecule has 0 saturated heterocycles. The molecule has 1 aliphatic rings. The summed E-state index contributed by atoms with van der Waals surface area (Å²) in [6.07, 6.45) is 1.72. The highest BCUT2D eigenvalue weighted by Gasteiger charge is 2.30. The number of carbonyl (C=O) groups is 1. The van der Waals surface area contributed by atoms with Gasteiger partial charge in [0.2, 0.25) is 5.91 Å². The van der Waals surface area contributed by atoms with Gasteiger partial charge < -0.3 is 5.32 Å². The molecule has 3 aromatic rings. The molecule has 1 atom stereocenters. The van der Waals surface area contributed by atoms with E-state index >= 15 is 0 Å². The van der Waals surface area contributed by atoms with Crippen LogP contribution in [0.25, 0.3) is 0 Å². The third kappa shape index (κ3) is 4.96. The normalized spacial score (nSPS) is 14.2. The van der Waals surface area contributed by atoms with Gasteiger partial charge >= 0.3 is 0 Å².